The number of nitrogens with zero attached hydrogens (tertiary/aromatic N) is 1. The SMILES string of the molecule is C[Si](C)=[Zr+2].[Cl-].[Cl-].[c-]1cccc2c1Cc1ccccc1-2.c1ccc(-c2cc3c(-c4cnc5ccccc5c4)cccc3[cH-]2)cc1. The normalized spacial score (nSPS) is 10.6. The molecule has 1 aliphatic rings. The average Bonchev–Trinajstić information content (AvgIpc) is 3.63. The third kappa shape index (κ3) is 7.71. The average molecular weight is 704 g/mol. The van der Waals surface area contributed by atoms with E-state index in [1.807, 2.05) is 18.3 Å². The summed E-state index contributed by atoms with van der Waals surface area (Å²) in [7, 11) is 0. The minimum absolute atomic E-state index is 0. The zero-order valence-electron chi connectivity index (χ0n) is 24.7. The zero-order valence-corrected chi connectivity index (χ0v) is 29.7. The van der Waals surface area contributed by atoms with Crippen LogP contribution < -0.4 is 24.8 Å². The molecule has 0 amide bonds. The molecule has 0 bridgehead atoms. The van der Waals surface area contributed by atoms with Crippen LogP contribution in [0.2, 0.25) is 13.1 Å². The number of pyridine rings is 1. The molecule has 8 rings (SSSR count). The number of halogens is 2. The first-order valence-electron chi connectivity index (χ1n) is 14.3. The van der Waals surface area contributed by atoms with Crippen LogP contribution >= 0.6 is 0 Å². The van der Waals surface area contributed by atoms with Crippen LogP contribution in [0.3, 0.4) is 0 Å². The summed E-state index contributed by atoms with van der Waals surface area (Å²) in [6.07, 6.45) is 3.03. The monoisotopic (exact) mass is 701 g/mol. The standard InChI is InChI=1S/C24H16N.C13H9.C2H6Si.2ClH.Zr/c1-2-7-17(8-3-1)20-13-18-10-6-11-22(23(18)15-20)21-14-19-9-4-5-12-24(19)25-16-21;1-3-7-12-10(5-1)9-11-6-2-4-8-13(11)12;1-3-2;;;/h1-16H;1-5,7-8H,9H2;1-2H3;2*1H;/q2*-1;;;;+2/p-2. The van der Waals surface area contributed by atoms with Gasteiger partial charge in [-0.05, 0) is 24.1 Å². The summed E-state index contributed by atoms with van der Waals surface area (Å²) >= 11 is 1.74. The fraction of sp³-hybridized carbons (Fsp3) is 0.0769. The number of para-hydroxylation sites is 1. The molecule has 0 saturated carbocycles. The number of aromatic nitrogens is 1. The molecule has 1 aromatic heterocycles. The van der Waals surface area contributed by atoms with Gasteiger partial charge in [0, 0.05) is 11.6 Å². The first-order valence-corrected chi connectivity index (χ1v) is 20.5. The molecule has 1 aliphatic carbocycles. The summed E-state index contributed by atoms with van der Waals surface area (Å²) in [5, 5.41) is 3.72. The molecule has 5 heteroatoms. The van der Waals surface area contributed by atoms with E-state index in [0.717, 1.165) is 17.5 Å². The smallest absolute Gasteiger partial charge is 0.0702 e. The second-order valence-corrected chi connectivity index (χ2v) is 20.1. The summed E-state index contributed by atoms with van der Waals surface area (Å²) in [6.45, 7) is 4.62. The van der Waals surface area contributed by atoms with Gasteiger partial charge in [-0.3, -0.25) is 4.98 Å². The molecule has 0 atom stereocenters. The third-order valence-electron chi connectivity index (χ3n) is 7.38. The molecule has 7 aromatic rings. The van der Waals surface area contributed by atoms with Crippen LogP contribution in [0.4, 0.5) is 0 Å². The van der Waals surface area contributed by atoms with Crippen molar-refractivity contribution >= 4 is 27.1 Å². The van der Waals surface area contributed by atoms with E-state index in [0.29, 0.717) is 0 Å². The molecular formula is C39H31Cl2NSiZr-2. The van der Waals surface area contributed by atoms with Crippen molar-refractivity contribution in [3.8, 4) is 33.4 Å². The summed E-state index contributed by atoms with van der Waals surface area (Å²) in [6, 6.07) is 50.2. The molecular weight excluding hydrogens is 673 g/mol. The van der Waals surface area contributed by atoms with E-state index in [-0.39, 0.29) is 30.2 Å². The number of benzene rings is 5. The van der Waals surface area contributed by atoms with E-state index in [9.17, 15) is 0 Å². The molecule has 0 saturated heterocycles. The minimum Gasteiger partial charge on any atom is -1.00 e. The maximum Gasteiger partial charge on any atom is 0.0702 e. The minimum atomic E-state index is 0. The maximum absolute atomic E-state index is 4.63. The van der Waals surface area contributed by atoms with E-state index >= 15 is 0 Å². The van der Waals surface area contributed by atoms with E-state index in [2.05, 4.69) is 145 Å². The fourth-order valence-electron chi connectivity index (χ4n) is 5.50. The van der Waals surface area contributed by atoms with Gasteiger partial charge in [0.2, 0.25) is 0 Å². The van der Waals surface area contributed by atoms with Gasteiger partial charge in [0.15, 0.2) is 0 Å². The molecule has 1 nitrogen and oxygen atoms in total. The maximum atomic E-state index is 4.63. The number of rotatable bonds is 2. The first-order chi connectivity index (χ1) is 20.6. The summed E-state index contributed by atoms with van der Waals surface area (Å²) in [5.41, 5.74) is 11.7. The number of fused-ring (bicyclic) bond motifs is 5. The molecule has 0 aliphatic heterocycles. The molecule has 0 N–H and O–H groups in total. The van der Waals surface area contributed by atoms with Gasteiger partial charge in [-0.1, -0.05) is 107 Å². The summed E-state index contributed by atoms with van der Waals surface area (Å²) in [4.78, 5) is 4.63. The molecule has 0 spiro atoms. The Morgan fingerprint density at radius 1 is 0.705 bits per heavy atom. The van der Waals surface area contributed by atoms with E-state index in [1.165, 1.54) is 55.1 Å². The third-order valence-corrected chi connectivity index (χ3v) is 7.38. The van der Waals surface area contributed by atoms with Gasteiger partial charge in [0.05, 0.1) is 5.52 Å². The Morgan fingerprint density at radius 2 is 1.39 bits per heavy atom. The Balaban J connectivity index is 0.000000196. The zero-order chi connectivity index (χ0) is 28.9. The molecule has 44 heavy (non-hydrogen) atoms. The summed E-state index contributed by atoms with van der Waals surface area (Å²) < 4.78 is 0. The molecule has 0 radical (unpaired) electrons. The van der Waals surface area contributed by atoms with Crippen LogP contribution in [0.25, 0.3) is 55.1 Å². The van der Waals surface area contributed by atoms with E-state index in [1.54, 1.807) is 23.3 Å². The van der Waals surface area contributed by atoms with Crippen LogP contribution in [-0.4, -0.2) is 10.4 Å². The number of hydrogen-bond acceptors (Lipinski definition) is 1. The Hall–Kier alpha value is -3.20. The van der Waals surface area contributed by atoms with Crippen molar-refractivity contribution in [2.24, 2.45) is 0 Å². The predicted octanol–water partition coefficient (Wildman–Crippen LogP) is 4.29. The second-order valence-electron chi connectivity index (χ2n) is 10.7. The number of hydrogen-bond donors (Lipinski definition) is 0. The molecule has 216 valence electrons. The molecule has 1 heterocycles. The first kappa shape index (κ1) is 33.7. The van der Waals surface area contributed by atoms with Crippen molar-refractivity contribution in [3.63, 3.8) is 0 Å². The quantitative estimate of drug-likeness (QED) is 0.194. The van der Waals surface area contributed by atoms with Crippen molar-refractivity contribution < 1.29 is 48.1 Å². The predicted molar refractivity (Wildman–Crippen MR) is 177 cm³/mol. The van der Waals surface area contributed by atoms with Crippen LogP contribution in [0.5, 0.6) is 0 Å². The summed E-state index contributed by atoms with van der Waals surface area (Å²) in [5.74, 6) is 0. The van der Waals surface area contributed by atoms with Crippen LogP contribution in [0.15, 0.2) is 140 Å². The van der Waals surface area contributed by atoms with Gasteiger partial charge < -0.3 is 24.8 Å². The largest absolute Gasteiger partial charge is 1.00 e. The van der Waals surface area contributed by atoms with Gasteiger partial charge in [-0.2, -0.15) is 29.8 Å². The second kappa shape index (κ2) is 15.7. The Kier molecular flexibility index (Phi) is 12.0. The van der Waals surface area contributed by atoms with Crippen LogP contribution in [0.1, 0.15) is 11.1 Å². The van der Waals surface area contributed by atoms with Crippen LogP contribution in [-0.2, 0) is 29.8 Å². The van der Waals surface area contributed by atoms with Crippen molar-refractivity contribution in [2.75, 3.05) is 0 Å². The topological polar surface area (TPSA) is 12.9 Å². The van der Waals surface area contributed by atoms with Gasteiger partial charge in [-0.25, -0.2) is 0 Å². The van der Waals surface area contributed by atoms with Crippen molar-refractivity contribution in [3.05, 3.63) is 157 Å². The Bertz CT molecular complexity index is 1970. The van der Waals surface area contributed by atoms with Crippen molar-refractivity contribution in [1.29, 1.82) is 0 Å². The van der Waals surface area contributed by atoms with E-state index in [4.69, 9.17) is 0 Å². The van der Waals surface area contributed by atoms with Gasteiger partial charge >= 0.3 is 41.9 Å². The van der Waals surface area contributed by atoms with Gasteiger partial charge in [0.25, 0.3) is 0 Å². The molecule has 6 aromatic carbocycles. The fourth-order valence-corrected chi connectivity index (χ4v) is 5.50. The van der Waals surface area contributed by atoms with E-state index < -0.39 is 0 Å². The molecule has 0 fully saturated rings. The van der Waals surface area contributed by atoms with Crippen LogP contribution in [0, 0.1) is 6.07 Å². The van der Waals surface area contributed by atoms with Gasteiger partial charge in [0.1, 0.15) is 0 Å². The Labute approximate surface area is 288 Å². The molecule has 0 unspecified atom stereocenters. The van der Waals surface area contributed by atoms with Crippen molar-refractivity contribution in [1.82, 2.24) is 4.98 Å². The van der Waals surface area contributed by atoms with Gasteiger partial charge in [-0.15, -0.1) is 40.1 Å². The van der Waals surface area contributed by atoms with Crippen molar-refractivity contribution in [2.45, 2.75) is 19.5 Å². The Morgan fingerprint density at radius 3 is 2.20 bits per heavy atom.